The third-order valence-electron chi connectivity index (χ3n) is 6.14. The quantitative estimate of drug-likeness (QED) is 0.154. The van der Waals surface area contributed by atoms with Gasteiger partial charge in [-0.05, 0) is 72.8 Å². The van der Waals surface area contributed by atoms with Gasteiger partial charge in [0.1, 0.15) is 5.75 Å². The molecule has 174 valence electrons. The van der Waals surface area contributed by atoms with Crippen molar-refractivity contribution in [3.8, 4) is 5.75 Å². The lowest BCUT2D eigenvalue weighted by Crippen LogP contribution is -2.42. The molecule has 0 radical (unpaired) electrons. The Labute approximate surface area is 194 Å². The zero-order valence-electron chi connectivity index (χ0n) is 20.4. The summed E-state index contributed by atoms with van der Waals surface area (Å²) in [5, 5.41) is 0.101. The molecule has 5 heteroatoms. The maximum absolute atomic E-state index is 12.1. The van der Waals surface area contributed by atoms with Crippen molar-refractivity contribution < 1.29 is 18.7 Å². The lowest BCUT2D eigenvalue weighted by atomic mass is 9.98. The second-order valence-corrected chi connectivity index (χ2v) is 14.4. The van der Waals surface area contributed by atoms with E-state index in [2.05, 4.69) is 52.6 Å². The minimum Gasteiger partial charge on any atom is -0.497 e. The molecule has 0 bridgehead atoms. The van der Waals surface area contributed by atoms with Crippen LogP contribution in [0.5, 0.6) is 5.75 Å². The lowest BCUT2D eigenvalue weighted by Gasteiger charge is -2.40. The van der Waals surface area contributed by atoms with Crippen molar-refractivity contribution in [2.45, 2.75) is 64.3 Å². The number of carbonyl (C=O) groups excluding carboxylic acids is 1. The highest BCUT2D eigenvalue weighted by Gasteiger charge is 2.40. The van der Waals surface area contributed by atoms with Crippen molar-refractivity contribution in [3.63, 3.8) is 0 Å². The summed E-state index contributed by atoms with van der Waals surface area (Å²) in [6.07, 6.45) is 2.32. The average molecular weight is 455 g/mol. The predicted molar refractivity (Wildman–Crippen MR) is 134 cm³/mol. The first-order chi connectivity index (χ1) is 15.0. The van der Waals surface area contributed by atoms with Crippen LogP contribution in [0.3, 0.4) is 0 Å². The average Bonchev–Trinajstić information content (AvgIpc) is 2.77. The summed E-state index contributed by atoms with van der Waals surface area (Å²) in [5.74, 6) is 0.549. The number of hydrogen-bond donors (Lipinski definition) is 0. The van der Waals surface area contributed by atoms with Gasteiger partial charge in [-0.1, -0.05) is 57.7 Å². The van der Waals surface area contributed by atoms with E-state index in [1.807, 2.05) is 30.3 Å². The Hall–Kier alpha value is -2.37. The van der Waals surface area contributed by atoms with Gasteiger partial charge in [0.25, 0.3) is 0 Å². The molecule has 0 fully saturated rings. The molecule has 32 heavy (non-hydrogen) atoms. The summed E-state index contributed by atoms with van der Waals surface area (Å²) in [6, 6.07) is 17.1. The first-order valence-corrected chi connectivity index (χ1v) is 14.2. The number of carbonyl (C=O) groups is 1. The van der Waals surface area contributed by atoms with E-state index in [-0.39, 0.29) is 17.1 Å². The standard InChI is InChI=1S/C27H38O4Si/c1-21(13-11-12-20-30-26(28)23-14-9-8-10-15-23)25(31-32(6,7)27(2,3)4)22-16-18-24(29-5)19-17-22/h8-10,14-19,25H,1,11-13,20H2,2-7H3. The summed E-state index contributed by atoms with van der Waals surface area (Å²) in [4.78, 5) is 12.1. The number of esters is 1. The predicted octanol–water partition coefficient (Wildman–Crippen LogP) is 7.34. The number of benzene rings is 2. The van der Waals surface area contributed by atoms with Crippen LogP contribution in [-0.2, 0) is 9.16 Å². The minimum atomic E-state index is -2.00. The van der Waals surface area contributed by atoms with Crippen LogP contribution in [-0.4, -0.2) is 28.0 Å². The van der Waals surface area contributed by atoms with E-state index < -0.39 is 8.32 Å². The molecule has 0 aliphatic rings. The molecule has 1 atom stereocenters. The van der Waals surface area contributed by atoms with Crippen molar-refractivity contribution >= 4 is 14.3 Å². The molecule has 2 aromatic carbocycles. The molecular formula is C27H38O4Si. The Balaban J connectivity index is 1.97. The van der Waals surface area contributed by atoms with E-state index in [0.717, 1.165) is 36.1 Å². The zero-order valence-corrected chi connectivity index (χ0v) is 21.4. The van der Waals surface area contributed by atoms with E-state index in [9.17, 15) is 4.79 Å². The van der Waals surface area contributed by atoms with Crippen molar-refractivity contribution in [2.75, 3.05) is 13.7 Å². The Bertz CT molecular complexity index is 867. The molecule has 0 N–H and O–H groups in total. The van der Waals surface area contributed by atoms with Crippen LogP contribution >= 0.6 is 0 Å². The molecule has 0 spiro atoms. The molecule has 0 saturated carbocycles. The van der Waals surface area contributed by atoms with Gasteiger partial charge in [-0.2, -0.15) is 0 Å². The Kier molecular flexibility index (Phi) is 9.29. The number of hydrogen-bond acceptors (Lipinski definition) is 4. The summed E-state index contributed by atoms with van der Waals surface area (Å²) < 4.78 is 17.5. The third kappa shape index (κ3) is 7.35. The maximum atomic E-state index is 12.1. The van der Waals surface area contributed by atoms with Gasteiger partial charge < -0.3 is 13.9 Å². The highest BCUT2D eigenvalue weighted by atomic mass is 28.4. The monoisotopic (exact) mass is 454 g/mol. The number of ether oxygens (including phenoxy) is 2. The van der Waals surface area contributed by atoms with E-state index in [1.165, 1.54) is 0 Å². The summed E-state index contributed by atoms with van der Waals surface area (Å²) in [6.45, 7) is 16.0. The minimum absolute atomic E-state index is 0.101. The second-order valence-electron chi connectivity index (χ2n) is 9.65. The van der Waals surface area contributed by atoms with E-state index >= 15 is 0 Å². The molecular weight excluding hydrogens is 416 g/mol. The third-order valence-corrected chi connectivity index (χ3v) is 10.6. The zero-order chi connectivity index (χ0) is 23.8. The van der Waals surface area contributed by atoms with Crippen LogP contribution < -0.4 is 4.74 Å². The number of methoxy groups -OCH3 is 1. The highest BCUT2D eigenvalue weighted by molar-refractivity contribution is 6.74. The SMILES string of the molecule is C=C(CCCCOC(=O)c1ccccc1)C(O[Si](C)(C)C(C)(C)C)c1ccc(OC)cc1. The van der Waals surface area contributed by atoms with Gasteiger partial charge in [-0.15, -0.1) is 0 Å². The van der Waals surface area contributed by atoms with Gasteiger partial charge in [0.05, 0.1) is 25.4 Å². The maximum Gasteiger partial charge on any atom is 0.338 e. The molecule has 1 unspecified atom stereocenters. The molecule has 2 rings (SSSR count). The fourth-order valence-corrected chi connectivity index (χ4v) is 4.29. The molecule has 0 heterocycles. The molecule has 0 aliphatic carbocycles. The molecule has 0 aromatic heterocycles. The smallest absolute Gasteiger partial charge is 0.338 e. The largest absolute Gasteiger partial charge is 0.497 e. The Morgan fingerprint density at radius 3 is 2.19 bits per heavy atom. The van der Waals surface area contributed by atoms with Crippen LogP contribution in [0.15, 0.2) is 66.7 Å². The van der Waals surface area contributed by atoms with Gasteiger partial charge >= 0.3 is 5.97 Å². The van der Waals surface area contributed by atoms with Crippen LogP contribution in [0.2, 0.25) is 18.1 Å². The van der Waals surface area contributed by atoms with Crippen molar-refractivity contribution in [3.05, 3.63) is 77.9 Å². The van der Waals surface area contributed by atoms with Crippen molar-refractivity contribution in [1.82, 2.24) is 0 Å². The Morgan fingerprint density at radius 2 is 1.62 bits per heavy atom. The van der Waals surface area contributed by atoms with Gasteiger partial charge in [0.2, 0.25) is 0 Å². The summed E-state index contributed by atoms with van der Waals surface area (Å²) in [7, 11) is -0.335. The molecule has 0 amide bonds. The fraction of sp³-hybridized carbons (Fsp3) is 0.444. The summed E-state index contributed by atoms with van der Waals surface area (Å²) in [5.41, 5.74) is 2.73. The van der Waals surface area contributed by atoms with Crippen LogP contribution in [0.1, 0.15) is 62.1 Å². The number of unbranched alkanes of at least 4 members (excludes halogenated alkanes) is 1. The lowest BCUT2D eigenvalue weighted by molar-refractivity contribution is 0.0498. The first-order valence-electron chi connectivity index (χ1n) is 11.3. The van der Waals surface area contributed by atoms with Gasteiger partial charge in [0, 0.05) is 0 Å². The van der Waals surface area contributed by atoms with Gasteiger partial charge in [-0.3, -0.25) is 0 Å². The van der Waals surface area contributed by atoms with E-state index in [4.69, 9.17) is 13.9 Å². The van der Waals surface area contributed by atoms with Crippen molar-refractivity contribution in [1.29, 1.82) is 0 Å². The first kappa shape index (κ1) is 25.9. The van der Waals surface area contributed by atoms with Crippen LogP contribution in [0.4, 0.5) is 0 Å². The second kappa shape index (κ2) is 11.5. The van der Waals surface area contributed by atoms with E-state index in [1.54, 1.807) is 19.2 Å². The van der Waals surface area contributed by atoms with Crippen molar-refractivity contribution in [2.24, 2.45) is 0 Å². The normalized spacial score (nSPS) is 12.8. The Morgan fingerprint density at radius 1 is 1.00 bits per heavy atom. The molecule has 4 nitrogen and oxygen atoms in total. The van der Waals surface area contributed by atoms with E-state index in [0.29, 0.717) is 12.2 Å². The van der Waals surface area contributed by atoms with Crippen LogP contribution in [0.25, 0.3) is 0 Å². The summed E-state index contributed by atoms with van der Waals surface area (Å²) >= 11 is 0. The highest BCUT2D eigenvalue weighted by Crippen LogP contribution is 2.42. The molecule has 0 aliphatic heterocycles. The van der Waals surface area contributed by atoms with Gasteiger partial charge in [0.15, 0.2) is 8.32 Å². The fourth-order valence-electron chi connectivity index (χ4n) is 3.04. The van der Waals surface area contributed by atoms with Crippen LogP contribution in [0, 0.1) is 0 Å². The molecule has 2 aromatic rings. The topological polar surface area (TPSA) is 44.8 Å². The molecule has 0 saturated heterocycles. The number of rotatable bonds is 11. The van der Waals surface area contributed by atoms with Gasteiger partial charge in [-0.25, -0.2) is 4.79 Å².